The summed E-state index contributed by atoms with van der Waals surface area (Å²) in [6.45, 7) is 2.50. The van der Waals surface area contributed by atoms with E-state index in [1.165, 1.54) is 29.8 Å². The molecule has 0 aliphatic rings. The van der Waals surface area contributed by atoms with Crippen molar-refractivity contribution in [2.24, 2.45) is 0 Å². The molecule has 0 bridgehead atoms. The molecule has 0 heterocycles. The van der Waals surface area contributed by atoms with Gasteiger partial charge in [-0.1, -0.05) is 29.8 Å². The molecule has 1 atom stereocenters. The second-order valence-electron chi connectivity index (χ2n) is 6.40. The maximum atomic E-state index is 12.3. The first-order valence-corrected chi connectivity index (χ1v) is 9.89. The standard InChI is InChI=1S/C19H24N2O3S/c1-14-5-7-15(8-6-14)18(21(2)3)13-20-19(22)16-9-11-17(12-10-16)25(4,23)24/h5-12,18H,13H2,1-4H3,(H,20,22). The van der Waals surface area contributed by atoms with E-state index in [0.717, 1.165) is 11.8 Å². The molecule has 2 aromatic carbocycles. The van der Waals surface area contributed by atoms with E-state index >= 15 is 0 Å². The Labute approximate surface area is 149 Å². The lowest BCUT2D eigenvalue weighted by molar-refractivity contribution is 0.0942. The van der Waals surface area contributed by atoms with Crippen LogP contribution in [0.5, 0.6) is 0 Å². The summed E-state index contributed by atoms with van der Waals surface area (Å²) in [5.41, 5.74) is 2.76. The second kappa shape index (κ2) is 7.80. The summed E-state index contributed by atoms with van der Waals surface area (Å²) < 4.78 is 23.0. The highest BCUT2D eigenvalue weighted by molar-refractivity contribution is 7.90. The highest BCUT2D eigenvalue weighted by atomic mass is 32.2. The lowest BCUT2D eigenvalue weighted by Crippen LogP contribution is -2.34. The van der Waals surface area contributed by atoms with Crippen molar-refractivity contribution >= 4 is 15.7 Å². The Morgan fingerprint density at radius 2 is 1.60 bits per heavy atom. The average molecular weight is 360 g/mol. The van der Waals surface area contributed by atoms with Crippen molar-refractivity contribution in [3.63, 3.8) is 0 Å². The summed E-state index contributed by atoms with van der Waals surface area (Å²) in [6.07, 6.45) is 1.14. The SMILES string of the molecule is Cc1ccc(C(CNC(=O)c2ccc(S(C)(=O)=O)cc2)N(C)C)cc1. The smallest absolute Gasteiger partial charge is 0.251 e. The van der Waals surface area contributed by atoms with Crippen molar-refractivity contribution in [2.45, 2.75) is 17.9 Å². The van der Waals surface area contributed by atoms with Gasteiger partial charge in [-0.2, -0.15) is 0 Å². The molecular formula is C19H24N2O3S. The quantitative estimate of drug-likeness (QED) is 0.859. The normalized spacial score (nSPS) is 12.8. The van der Waals surface area contributed by atoms with Gasteiger partial charge in [0.2, 0.25) is 0 Å². The van der Waals surface area contributed by atoms with Gasteiger partial charge >= 0.3 is 0 Å². The number of nitrogens with one attached hydrogen (secondary N) is 1. The Hall–Kier alpha value is -2.18. The van der Waals surface area contributed by atoms with Crippen LogP contribution < -0.4 is 5.32 Å². The van der Waals surface area contributed by atoms with Crippen LogP contribution >= 0.6 is 0 Å². The van der Waals surface area contributed by atoms with E-state index in [0.29, 0.717) is 12.1 Å². The van der Waals surface area contributed by atoms with Gasteiger partial charge in [-0.25, -0.2) is 8.42 Å². The van der Waals surface area contributed by atoms with Crippen molar-refractivity contribution in [3.8, 4) is 0 Å². The van der Waals surface area contributed by atoms with E-state index in [9.17, 15) is 13.2 Å². The van der Waals surface area contributed by atoms with Crippen LogP contribution in [0.3, 0.4) is 0 Å². The average Bonchev–Trinajstić information content (AvgIpc) is 2.55. The number of sulfone groups is 1. The van der Waals surface area contributed by atoms with E-state index < -0.39 is 9.84 Å². The molecule has 134 valence electrons. The van der Waals surface area contributed by atoms with Crippen molar-refractivity contribution in [1.29, 1.82) is 0 Å². The van der Waals surface area contributed by atoms with Gasteiger partial charge in [-0.15, -0.1) is 0 Å². The molecule has 5 nitrogen and oxygen atoms in total. The molecule has 0 aliphatic heterocycles. The van der Waals surface area contributed by atoms with Gasteiger partial charge in [-0.3, -0.25) is 4.79 Å². The molecule has 6 heteroatoms. The minimum atomic E-state index is -3.26. The van der Waals surface area contributed by atoms with E-state index in [1.54, 1.807) is 0 Å². The van der Waals surface area contributed by atoms with Gasteiger partial charge in [0.25, 0.3) is 5.91 Å². The molecule has 0 spiro atoms. The number of aryl methyl sites for hydroxylation is 1. The zero-order valence-corrected chi connectivity index (χ0v) is 15.8. The Balaban J connectivity index is 2.07. The van der Waals surface area contributed by atoms with E-state index in [4.69, 9.17) is 0 Å². The minimum Gasteiger partial charge on any atom is -0.350 e. The molecule has 0 saturated heterocycles. The zero-order chi connectivity index (χ0) is 18.6. The Bertz CT molecular complexity index is 826. The zero-order valence-electron chi connectivity index (χ0n) is 15.0. The number of rotatable bonds is 6. The molecule has 2 rings (SSSR count). The first-order valence-electron chi connectivity index (χ1n) is 8.00. The molecule has 1 amide bonds. The third-order valence-corrected chi connectivity index (χ3v) is 5.21. The number of benzene rings is 2. The van der Waals surface area contributed by atoms with Crippen molar-refractivity contribution in [2.75, 3.05) is 26.9 Å². The minimum absolute atomic E-state index is 0.0554. The number of hydrogen-bond donors (Lipinski definition) is 1. The topological polar surface area (TPSA) is 66.5 Å². The molecule has 1 unspecified atom stereocenters. The fourth-order valence-corrected chi connectivity index (χ4v) is 3.16. The number of carbonyl (C=O) groups excluding carboxylic acids is 1. The molecule has 0 saturated carbocycles. The first-order chi connectivity index (χ1) is 11.7. The molecule has 0 aromatic heterocycles. The Morgan fingerprint density at radius 3 is 2.08 bits per heavy atom. The number of hydrogen-bond acceptors (Lipinski definition) is 4. The van der Waals surface area contributed by atoms with Crippen LogP contribution in [0, 0.1) is 6.92 Å². The van der Waals surface area contributed by atoms with Crippen LogP contribution in [0.15, 0.2) is 53.4 Å². The van der Waals surface area contributed by atoms with Gasteiger partial charge in [0.1, 0.15) is 0 Å². The van der Waals surface area contributed by atoms with Gasteiger partial charge in [0.05, 0.1) is 10.9 Å². The first kappa shape index (κ1) is 19.1. The molecule has 0 radical (unpaired) electrons. The summed E-state index contributed by atoms with van der Waals surface area (Å²) >= 11 is 0. The van der Waals surface area contributed by atoms with Crippen LogP contribution in [-0.4, -0.2) is 46.1 Å². The number of amides is 1. The number of nitrogens with zero attached hydrogens (tertiary/aromatic N) is 1. The Kier molecular flexibility index (Phi) is 5.98. The van der Waals surface area contributed by atoms with Gasteiger partial charge in [0.15, 0.2) is 9.84 Å². The predicted octanol–water partition coefficient (Wildman–Crippen LogP) is 2.43. The van der Waals surface area contributed by atoms with Crippen LogP contribution in [0.1, 0.15) is 27.5 Å². The van der Waals surface area contributed by atoms with Crippen LogP contribution in [0.4, 0.5) is 0 Å². The fraction of sp³-hybridized carbons (Fsp3) is 0.316. The van der Waals surface area contributed by atoms with Crippen LogP contribution in [0.25, 0.3) is 0 Å². The lowest BCUT2D eigenvalue weighted by Gasteiger charge is -2.25. The third kappa shape index (κ3) is 5.14. The van der Waals surface area contributed by atoms with Crippen molar-refractivity contribution < 1.29 is 13.2 Å². The van der Waals surface area contributed by atoms with E-state index in [2.05, 4.69) is 34.5 Å². The molecule has 0 aliphatic carbocycles. The maximum Gasteiger partial charge on any atom is 0.251 e. The summed E-state index contributed by atoms with van der Waals surface area (Å²) in [4.78, 5) is 14.6. The predicted molar refractivity (Wildman–Crippen MR) is 99.5 cm³/mol. The molecule has 25 heavy (non-hydrogen) atoms. The van der Waals surface area contributed by atoms with Crippen LogP contribution in [-0.2, 0) is 9.84 Å². The van der Waals surface area contributed by atoms with Gasteiger partial charge in [-0.05, 0) is 50.8 Å². The lowest BCUT2D eigenvalue weighted by atomic mass is 10.0. The molecule has 1 N–H and O–H groups in total. The second-order valence-corrected chi connectivity index (χ2v) is 8.41. The maximum absolute atomic E-state index is 12.3. The monoisotopic (exact) mass is 360 g/mol. The number of likely N-dealkylation sites (N-methyl/N-ethyl adjacent to an activating group) is 1. The van der Waals surface area contributed by atoms with Gasteiger partial charge in [0, 0.05) is 18.4 Å². The van der Waals surface area contributed by atoms with Crippen molar-refractivity contribution in [1.82, 2.24) is 10.2 Å². The largest absolute Gasteiger partial charge is 0.350 e. The third-order valence-electron chi connectivity index (χ3n) is 4.09. The molecule has 2 aromatic rings. The Morgan fingerprint density at radius 1 is 1.04 bits per heavy atom. The summed E-state index contributed by atoms with van der Waals surface area (Å²) in [5, 5.41) is 2.92. The van der Waals surface area contributed by atoms with Crippen LogP contribution in [0.2, 0.25) is 0 Å². The van der Waals surface area contributed by atoms with E-state index in [-0.39, 0.29) is 16.8 Å². The van der Waals surface area contributed by atoms with Gasteiger partial charge < -0.3 is 10.2 Å². The summed E-state index contributed by atoms with van der Waals surface area (Å²) in [5.74, 6) is -0.223. The fourth-order valence-electron chi connectivity index (χ4n) is 2.53. The van der Waals surface area contributed by atoms with E-state index in [1.807, 2.05) is 21.0 Å². The molecule has 0 fully saturated rings. The van der Waals surface area contributed by atoms with Crippen molar-refractivity contribution in [3.05, 3.63) is 65.2 Å². The highest BCUT2D eigenvalue weighted by Gasteiger charge is 2.16. The number of carbonyl (C=O) groups is 1. The molecular weight excluding hydrogens is 336 g/mol. The summed E-state index contributed by atoms with van der Waals surface area (Å²) in [7, 11) is 0.679. The summed E-state index contributed by atoms with van der Waals surface area (Å²) in [6, 6.07) is 14.3. The highest BCUT2D eigenvalue weighted by Crippen LogP contribution is 2.18.